The van der Waals surface area contributed by atoms with Crippen LogP contribution in [0.3, 0.4) is 0 Å². The predicted molar refractivity (Wildman–Crippen MR) is 124 cm³/mol. The number of H-pyrrole nitrogens is 1. The molecule has 0 aliphatic heterocycles. The molecule has 0 unspecified atom stereocenters. The molecule has 0 spiro atoms. The average molecular weight is 436 g/mol. The van der Waals surface area contributed by atoms with Crippen molar-refractivity contribution in [3.8, 4) is 11.1 Å². The summed E-state index contributed by atoms with van der Waals surface area (Å²) in [6, 6.07) is 17.9. The number of carbonyl (C=O) groups is 1. The fourth-order valence-electron chi connectivity index (χ4n) is 3.13. The van der Waals surface area contributed by atoms with Crippen molar-refractivity contribution in [2.24, 2.45) is 0 Å². The number of nitrogens with zero attached hydrogens (tertiary/aromatic N) is 2. The van der Waals surface area contributed by atoms with E-state index in [1.165, 1.54) is 28.7 Å². The number of hydrogen-bond donors (Lipinski definition) is 1. The Morgan fingerprint density at radius 1 is 1.13 bits per heavy atom. The predicted octanol–water partition coefficient (Wildman–Crippen LogP) is 4.71. The van der Waals surface area contributed by atoms with Gasteiger partial charge in [-0.05, 0) is 18.1 Å². The van der Waals surface area contributed by atoms with Crippen LogP contribution in [-0.2, 0) is 11.3 Å². The van der Waals surface area contributed by atoms with Crippen LogP contribution in [0.4, 0.5) is 0 Å². The highest BCUT2D eigenvalue weighted by Crippen LogP contribution is 2.31. The first kappa shape index (κ1) is 20.4. The molecule has 0 aliphatic rings. The smallest absolute Gasteiger partial charge is 0.260 e. The van der Waals surface area contributed by atoms with Crippen LogP contribution in [0.2, 0.25) is 0 Å². The van der Waals surface area contributed by atoms with Gasteiger partial charge < -0.3 is 9.88 Å². The van der Waals surface area contributed by atoms with Gasteiger partial charge in [0.15, 0.2) is 5.16 Å². The summed E-state index contributed by atoms with van der Waals surface area (Å²) in [6.45, 7) is 2.58. The highest BCUT2D eigenvalue weighted by Gasteiger charge is 2.15. The molecule has 5 nitrogen and oxygen atoms in total. The number of carbonyl (C=O) groups excluding carboxylic acids is 1. The van der Waals surface area contributed by atoms with Crippen LogP contribution in [0.5, 0.6) is 0 Å². The summed E-state index contributed by atoms with van der Waals surface area (Å²) in [4.78, 5) is 35.0. The number of hydrogen-bond acceptors (Lipinski definition) is 5. The number of aromatic amines is 1. The second-order valence-corrected chi connectivity index (χ2v) is 8.91. The van der Waals surface area contributed by atoms with Crippen molar-refractivity contribution >= 4 is 39.2 Å². The van der Waals surface area contributed by atoms with E-state index in [1.54, 1.807) is 11.9 Å². The first-order valence-corrected chi connectivity index (χ1v) is 11.4. The number of aryl methyl sites for hydroxylation is 1. The maximum absolute atomic E-state index is 12.7. The van der Waals surface area contributed by atoms with Gasteiger partial charge in [-0.3, -0.25) is 9.59 Å². The van der Waals surface area contributed by atoms with Crippen molar-refractivity contribution < 1.29 is 4.79 Å². The highest BCUT2D eigenvalue weighted by molar-refractivity contribution is 7.99. The third-order valence-corrected chi connectivity index (χ3v) is 6.54. The van der Waals surface area contributed by atoms with Crippen LogP contribution in [0.25, 0.3) is 21.3 Å². The fourth-order valence-corrected chi connectivity index (χ4v) is 4.94. The third-order valence-electron chi connectivity index (χ3n) is 4.81. The number of amides is 1. The molecule has 4 aromatic rings. The molecule has 2 heterocycles. The molecule has 7 heteroatoms. The molecule has 30 heavy (non-hydrogen) atoms. The highest BCUT2D eigenvalue weighted by atomic mass is 32.2. The number of benzene rings is 2. The molecule has 0 bridgehead atoms. The van der Waals surface area contributed by atoms with Gasteiger partial charge in [-0.2, -0.15) is 0 Å². The molecule has 0 saturated heterocycles. The molecule has 0 radical (unpaired) electrons. The fraction of sp³-hybridized carbons (Fsp3) is 0.174. The Morgan fingerprint density at radius 3 is 2.60 bits per heavy atom. The van der Waals surface area contributed by atoms with E-state index in [9.17, 15) is 9.59 Å². The summed E-state index contributed by atoms with van der Waals surface area (Å²) < 4.78 is 0. The van der Waals surface area contributed by atoms with E-state index in [1.807, 2.05) is 66.9 Å². The van der Waals surface area contributed by atoms with Gasteiger partial charge in [-0.25, -0.2) is 4.98 Å². The Kier molecular flexibility index (Phi) is 6.01. The van der Waals surface area contributed by atoms with Gasteiger partial charge in [-0.15, -0.1) is 11.3 Å². The van der Waals surface area contributed by atoms with Crippen molar-refractivity contribution in [3.05, 3.63) is 81.5 Å². The summed E-state index contributed by atoms with van der Waals surface area (Å²) in [5, 5.41) is 3.03. The second kappa shape index (κ2) is 8.85. The minimum atomic E-state index is -0.176. The van der Waals surface area contributed by atoms with Crippen molar-refractivity contribution in [1.29, 1.82) is 0 Å². The van der Waals surface area contributed by atoms with E-state index in [0.717, 1.165) is 16.7 Å². The standard InChI is InChI=1S/C23H21N3O2S2/c1-15-8-10-17(11-9-15)18-13-29-22-20(18)21(28)24-23(25-22)30-14-19(27)26(2)12-16-6-4-3-5-7-16/h3-11,13H,12,14H2,1-2H3,(H,24,25,28). The van der Waals surface area contributed by atoms with Gasteiger partial charge in [-0.1, -0.05) is 71.9 Å². The van der Waals surface area contributed by atoms with Crippen LogP contribution in [-0.4, -0.2) is 33.6 Å². The quantitative estimate of drug-likeness (QED) is 0.352. The van der Waals surface area contributed by atoms with Crippen LogP contribution in [0, 0.1) is 6.92 Å². The Bertz CT molecular complexity index is 1230. The van der Waals surface area contributed by atoms with Crippen LogP contribution >= 0.6 is 23.1 Å². The molecule has 1 amide bonds. The Labute approximate surface area is 182 Å². The molecule has 0 aliphatic carbocycles. The van der Waals surface area contributed by atoms with Crippen molar-refractivity contribution in [1.82, 2.24) is 14.9 Å². The maximum Gasteiger partial charge on any atom is 0.260 e. The summed E-state index contributed by atoms with van der Waals surface area (Å²) in [5.41, 5.74) is 3.96. The van der Waals surface area contributed by atoms with E-state index in [-0.39, 0.29) is 17.2 Å². The van der Waals surface area contributed by atoms with Crippen LogP contribution in [0.15, 0.2) is 69.9 Å². The third kappa shape index (κ3) is 4.47. The molecular weight excluding hydrogens is 414 g/mol. The summed E-state index contributed by atoms with van der Waals surface area (Å²) in [5.74, 6) is 0.201. The molecule has 1 N–H and O–H groups in total. The lowest BCUT2D eigenvalue weighted by atomic mass is 10.1. The Morgan fingerprint density at radius 2 is 1.87 bits per heavy atom. The number of thiophene rings is 1. The lowest BCUT2D eigenvalue weighted by molar-refractivity contribution is -0.127. The minimum Gasteiger partial charge on any atom is -0.341 e. The number of thioether (sulfide) groups is 1. The number of fused-ring (bicyclic) bond motifs is 1. The van der Waals surface area contributed by atoms with Gasteiger partial charge in [0.1, 0.15) is 4.83 Å². The molecule has 2 aromatic carbocycles. The van der Waals surface area contributed by atoms with Gasteiger partial charge in [0.05, 0.1) is 11.1 Å². The summed E-state index contributed by atoms with van der Waals surface area (Å²) in [6.07, 6.45) is 0. The SMILES string of the molecule is Cc1ccc(-c2csc3nc(SCC(=O)N(C)Cc4ccccc4)[nH]c(=O)c23)cc1. The minimum absolute atomic E-state index is 0.0156. The molecule has 0 atom stereocenters. The van der Waals surface area contributed by atoms with Crippen molar-refractivity contribution in [3.63, 3.8) is 0 Å². The molecule has 152 valence electrons. The van der Waals surface area contributed by atoms with Crippen LogP contribution < -0.4 is 5.56 Å². The Hall–Kier alpha value is -2.90. The van der Waals surface area contributed by atoms with Gasteiger partial charge in [0, 0.05) is 24.5 Å². The van der Waals surface area contributed by atoms with Gasteiger partial charge >= 0.3 is 0 Å². The van der Waals surface area contributed by atoms with Gasteiger partial charge in [0.2, 0.25) is 5.91 Å². The van der Waals surface area contributed by atoms with Gasteiger partial charge in [0.25, 0.3) is 5.56 Å². The number of rotatable bonds is 6. The number of aromatic nitrogens is 2. The lowest BCUT2D eigenvalue weighted by Crippen LogP contribution is -2.27. The van der Waals surface area contributed by atoms with Crippen LogP contribution in [0.1, 0.15) is 11.1 Å². The Balaban J connectivity index is 1.48. The zero-order valence-electron chi connectivity index (χ0n) is 16.7. The first-order chi connectivity index (χ1) is 14.5. The maximum atomic E-state index is 12.7. The largest absolute Gasteiger partial charge is 0.341 e. The average Bonchev–Trinajstić information content (AvgIpc) is 3.18. The summed E-state index contributed by atoms with van der Waals surface area (Å²) >= 11 is 2.70. The number of nitrogens with one attached hydrogen (secondary N) is 1. The first-order valence-electron chi connectivity index (χ1n) is 9.50. The van der Waals surface area contributed by atoms with Crippen molar-refractivity contribution in [2.75, 3.05) is 12.8 Å². The zero-order valence-corrected chi connectivity index (χ0v) is 18.3. The van der Waals surface area contributed by atoms with Crippen molar-refractivity contribution in [2.45, 2.75) is 18.6 Å². The summed E-state index contributed by atoms with van der Waals surface area (Å²) in [7, 11) is 1.78. The lowest BCUT2D eigenvalue weighted by Gasteiger charge is -2.16. The second-order valence-electron chi connectivity index (χ2n) is 7.09. The molecule has 4 rings (SSSR count). The van der Waals surface area contributed by atoms with E-state index >= 15 is 0 Å². The molecule has 2 aromatic heterocycles. The van der Waals surface area contributed by atoms with E-state index in [4.69, 9.17) is 0 Å². The molecular formula is C23H21N3O2S2. The van der Waals surface area contributed by atoms with E-state index < -0.39 is 0 Å². The van der Waals surface area contributed by atoms with E-state index in [0.29, 0.717) is 21.9 Å². The molecule has 0 fully saturated rings. The topological polar surface area (TPSA) is 66.1 Å². The monoisotopic (exact) mass is 435 g/mol. The zero-order chi connectivity index (χ0) is 21.1. The molecule has 0 saturated carbocycles. The normalized spacial score (nSPS) is 11.0. The van der Waals surface area contributed by atoms with E-state index in [2.05, 4.69) is 9.97 Å².